The minimum atomic E-state index is -3.56. The zero-order valence-corrected chi connectivity index (χ0v) is 19.6. The van der Waals surface area contributed by atoms with Crippen molar-refractivity contribution in [3.63, 3.8) is 0 Å². The molecule has 0 bridgehead atoms. The summed E-state index contributed by atoms with van der Waals surface area (Å²) >= 11 is 1.19. The summed E-state index contributed by atoms with van der Waals surface area (Å²) in [6.45, 7) is 1.17. The zero-order chi connectivity index (χ0) is 23.4. The van der Waals surface area contributed by atoms with Crippen molar-refractivity contribution in [2.75, 3.05) is 44.9 Å². The molecule has 0 atom stereocenters. The molecule has 1 aliphatic rings. The number of amides is 1. The first-order valence-electron chi connectivity index (χ1n) is 10.2. The van der Waals surface area contributed by atoms with Crippen LogP contribution in [0.2, 0.25) is 0 Å². The van der Waals surface area contributed by atoms with Crippen LogP contribution in [-0.4, -0.2) is 77.4 Å². The smallest absolute Gasteiger partial charge is 0.243 e. The average Bonchev–Trinajstić information content (AvgIpc) is 3.23. The summed E-state index contributed by atoms with van der Waals surface area (Å²) in [5.41, 5.74) is 0.778. The normalized spacial score (nSPS) is 14.9. The number of hydrogen-bond acceptors (Lipinski definition) is 8. The molecule has 2 aromatic carbocycles. The first kappa shape index (κ1) is 23.1. The highest BCUT2D eigenvalue weighted by Gasteiger charge is 2.30. The van der Waals surface area contributed by atoms with E-state index >= 15 is 0 Å². The molecule has 0 saturated carbocycles. The van der Waals surface area contributed by atoms with E-state index in [1.807, 2.05) is 12.1 Å². The Morgan fingerprint density at radius 1 is 1.03 bits per heavy atom. The Morgan fingerprint density at radius 3 is 2.33 bits per heavy atom. The second-order valence-electron chi connectivity index (χ2n) is 7.29. The number of aromatic nitrogens is 3. The van der Waals surface area contributed by atoms with Crippen LogP contribution in [0.25, 0.3) is 11.4 Å². The number of nitrogens with zero attached hydrogens (tertiary/aromatic N) is 5. The molecule has 1 fully saturated rings. The fraction of sp³-hybridized carbons (Fsp3) is 0.286. The summed E-state index contributed by atoms with van der Waals surface area (Å²) in [4.78, 5) is 14.6. The molecule has 3 aromatic rings. The lowest BCUT2D eigenvalue weighted by Gasteiger charge is -2.34. The number of hydrogen-bond donors (Lipinski definition) is 1. The molecule has 0 unspecified atom stereocenters. The van der Waals surface area contributed by atoms with Gasteiger partial charge in [-0.05, 0) is 36.4 Å². The summed E-state index contributed by atoms with van der Waals surface area (Å²) in [6, 6.07) is 15.6. The minimum Gasteiger partial charge on any atom is -0.497 e. The fourth-order valence-electron chi connectivity index (χ4n) is 3.45. The number of sulfonamides is 1. The second-order valence-corrected chi connectivity index (χ2v) is 10.2. The molecule has 0 aliphatic carbocycles. The molecule has 4 rings (SSSR count). The molecule has 1 aliphatic heterocycles. The van der Waals surface area contributed by atoms with Crippen LogP contribution in [0.3, 0.4) is 0 Å². The fourth-order valence-corrected chi connectivity index (χ4v) is 5.65. The summed E-state index contributed by atoms with van der Waals surface area (Å²) in [6.07, 6.45) is 0. The number of ether oxygens (including phenoxy) is 1. The van der Waals surface area contributed by atoms with Gasteiger partial charge >= 0.3 is 0 Å². The predicted octanol–water partition coefficient (Wildman–Crippen LogP) is 1.29. The number of benzene rings is 2. The summed E-state index contributed by atoms with van der Waals surface area (Å²) < 4.78 is 33.4. The zero-order valence-electron chi connectivity index (χ0n) is 18.0. The number of piperazine rings is 1. The lowest BCUT2D eigenvalue weighted by Crippen LogP contribution is -2.50. The minimum absolute atomic E-state index is 0.106. The molecule has 10 nitrogen and oxygen atoms in total. The molecular formula is C21H24N6O4S2. The molecule has 0 spiro atoms. The van der Waals surface area contributed by atoms with Crippen molar-refractivity contribution in [2.24, 2.45) is 0 Å². The molecule has 174 valence electrons. The van der Waals surface area contributed by atoms with Crippen LogP contribution >= 0.6 is 11.8 Å². The number of nitrogens with two attached hydrogens (primary N) is 1. The Morgan fingerprint density at radius 2 is 1.70 bits per heavy atom. The standard InChI is InChI=1S/C21H24N6O4S2/c1-31-17-9-7-16(8-10-17)20-23-24-21(27(20)22)32-15-19(28)25-11-13-26(14-12-25)33(29,30)18-5-3-2-4-6-18/h2-10H,11-15,22H2,1H3. The third-order valence-electron chi connectivity index (χ3n) is 5.31. The predicted molar refractivity (Wildman–Crippen MR) is 125 cm³/mol. The van der Waals surface area contributed by atoms with Gasteiger partial charge in [-0.3, -0.25) is 4.79 Å². The molecule has 2 N–H and O–H groups in total. The van der Waals surface area contributed by atoms with Crippen LogP contribution in [0.5, 0.6) is 5.75 Å². The third-order valence-corrected chi connectivity index (χ3v) is 8.15. The van der Waals surface area contributed by atoms with Crippen molar-refractivity contribution in [1.82, 2.24) is 24.1 Å². The highest BCUT2D eigenvalue weighted by Crippen LogP contribution is 2.24. The van der Waals surface area contributed by atoms with Gasteiger partial charge in [0.15, 0.2) is 5.82 Å². The van der Waals surface area contributed by atoms with Crippen molar-refractivity contribution in [3.8, 4) is 17.1 Å². The van der Waals surface area contributed by atoms with Gasteiger partial charge in [0.05, 0.1) is 17.8 Å². The van der Waals surface area contributed by atoms with Gasteiger partial charge in [0.25, 0.3) is 0 Å². The van der Waals surface area contributed by atoms with E-state index in [1.54, 1.807) is 54.5 Å². The SMILES string of the molecule is COc1ccc(-c2nnc(SCC(=O)N3CCN(S(=O)(=O)c4ccccc4)CC3)n2N)cc1. The number of rotatable bonds is 7. The Labute approximate surface area is 196 Å². The van der Waals surface area contributed by atoms with Crippen molar-refractivity contribution in [2.45, 2.75) is 10.1 Å². The molecule has 2 heterocycles. The number of carbonyl (C=O) groups excluding carboxylic acids is 1. The maximum absolute atomic E-state index is 12.7. The molecular weight excluding hydrogens is 464 g/mol. The molecule has 12 heteroatoms. The molecule has 1 amide bonds. The Balaban J connectivity index is 1.32. The van der Waals surface area contributed by atoms with Gasteiger partial charge in [-0.2, -0.15) is 4.31 Å². The van der Waals surface area contributed by atoms with Crippen LogP contribution in [0.4, 0.5) is 0 Å². The largest absolute Gasteiger partial charge is 0.497 e. The molecule has 33 heavy (non-hydrogen) atoms. The lowest BCUT2D eigenvalue weighted by molar-refractivity contribution is -0.129. The highest BCUT2D eigenvalue weighted by molar-refractivity contribution is 7.99. The number of carbonyl (C=O) groups is 1. The van der Waals surface area contributed by atoms with Crippen molar-refractivity contribution >= 4 is 27.7 Å². The van der Waals surface area contributed by atoms with E-state index in [4.69, 9.17) is 10.6 Å². The van der Waals surface area contributed by atoms with Crippen LogP contribution in [0.15, 0.2) is 64.6 Å². The van der Waals surface area contributed by atoms with Crippen LogP contribution < -0.4 is 10.6 Å². The van der Waals surface area contributed by atoms with Gasteiger partial charge in [-0.25, -0.2) is 13.1 Å². The Kier molecular flexibility index (Phi) is 6.86. The molecule has 1 saturated heterocycles. The molecule has 0 radical (unpaired) electrons. The quantitative estimate of drug-likeness (QED) is 0.390. The van der Waals surface area contributed by atoms with Crippen LogP contribution in [0, 0.1) is 0 Å². The van der Waals surface area contributed by atoms with Gasteiger partial charge in [0.1, 0.15) is 5.75 Å². The number of methoxy groups -OCH3 is 1. The van der Waals surface area contributed by atoms with E-state index in [9.17, 15) is 13.2 Å². The van der Waals surface area contributed by atoms with Gasteiger partial charge in [-0.15, -0.1) is 10.2 Å². The van der Waals surface area contributed by atoms with Gasteiger partial charge in [0.2, 0.25) is 21.1 Å². The maximum atomic E-state index is 12.7. The van der Waals surface area contributed by atoms with Crippen molar-refractivity contribution < 1.29 is 17.9 Å². The third kappa shape index (κ3) is 4.97. The monoisotopic (exact) mass is 488 g/mol. The summed E-state index contributed by atoms with van der Waals surface area (Å²) in [5.74, 6) is 7.36. The second kappa shape index (κ2) is 9.81. The average molecular weight is 489 g/mol. The van der Waals surface area contributed by atoms with E-state index in [0.717, 1.165) is 11.3 Å². The van der Waals surface area contributed by atoms with E-state index in [0.29, 0.717) is 24.1 Å². The van der Waals surface area contributed by atoms with Crippen LogP contribution in [-0.2, 0) is 14.8 Å². The van der Waals surface area contributed by atoms with E-state index in [2.05, 4.69) is 10.2 Å². The van der Waals surface area contributed by atoms with Gasteiger partial charge in [-0.1, -0.05) is 30.0 Å². The van der Waals surface area contributed by atoms with E-state index in [1.165, 1.54) is 20.7 Å². The summed E-state index contributed by atoms with van der Waals surface area (Å²) in [5, 5.41) is 8.63. The maximum Gasteiger partial charge on any atom is 0.243 e. The summed E-state index contributed by atoms with van der Waals surface area (Å²) in [7, 11) is -1.96. The first-order chi connectivity index (χ1) is 15.9. The van der Waals surface area contributed by atoms with E-state index < -0.39 is 10.0 Å². The van der Waals surface area contributed by atoms with Crippen LogP contribution in [0.1, 0.15) is 0 Å². The Hall–Kier alpha value is -3.09. The van der Waals surface area contributed by atoms with Gasteiger partial charge in [0, 0.05) is 31.7 Å². The highest BCUT2D eigenvalue weighted by atomic mass is 32.2. The van der Waals surface area contributed by atoms with Gasteiger partial charge < -0.3 is 15.5 Å². The molecule has 1 aromatic heterocycles. The topological polar surface area (TPSA) is 124 Å². The number of nitrogen functional groups attached to an aromatic ring is 1. The first-order valence-corrected chi connectivity index (χ1v) is 12.6. The Bertz CT molecular complexity index is 1210. The van der Waals surface area contributed by atoms with Crippen molar-refractivity contribution in [3.05, 3.63) is 54.6 Å². The van der Waals surface area contributed by atoms with E-state index in [-0.39, 0.29) is 29.6 Å². The van der Waals surface area contributed by atoms with Crippen molar-refractivity contribution in [1.29, 1.82) is 0 Å². The number of thioether (sulfide) groups is 1. The lowest BCUT2D eigenvalue weighted by atomic mass is 10.2.